The maximum atomic E-state index is 12.1. The number of cyclic esters (lactones) is 1. The number of carbonyl (C=O) groups excluding carboxylic acids is 1. The third-order valence-electron chi connectivity index (χ3n) is 3.92. The fourth-order valence-corrected chi connectivity index (χ4v) is 2.90. The van der Waals surface area contributed by atoms with Gasteiger partial charge in [-0.15, -0.1) is 0 Å². The Morgan fingerprint density at radius 3 is 2.57 bits per heavy atom. The van der Waals surface area contributed by atoms with Gasteiger partial charge in [0.05, 0.1) is 12.7 Å². The highest BCUT2D eigenvalue weighted by Crippen LogP contribution is 2.27. The molecule has 0 aliphatic carbocycles. The van der Waals surface area contributed by atoms with Gasteiger partial charge in [-0.05, 0) is 30.3 Å². The summed E-state index contributed by atoms with van der Waals surface area (Å²) in [7, 11) is 1.99. The Labute approximate surface area is 141 Å². The first-order valence-corrected chi connectivity index (χ1v) is 7.92. The molecule has 1 aliphatic rings. The Hall–Kier alpha value is -2.04. The van der Waals surface area contributed by atoms with E-state index in [4.69, 9.17) is 16.3 Å². The summed E-state index contributed by atoms with van der Waals surface area (Å²) in [6, 6.07) is 17.7. The summed E-state index contributed by atoms with van der Waals surface area (Å²) < 4.78 is 5.24. The number of nitrogens with zero attached hydrogens (tertiary/aromatic N) is 2. The molecule has 0 aromatic heterocycles. The molecule has 0 saturated carbocycles. The first kappa shape index (κ1) is 15.8. The SMILES string of the molecule is CN(Cc1ccc(Cl)cc1)CN1C(=O)OCC1c1ccccc1. The highest BCUT2D eigenvalue weighted by Gasteiger charge is 2.34. The molecule has 2 aromatic carbocycles. The topological polar surface area (TPSA) is 32.8 Å². The zero-order valence-corrected chi connectivity index (χ0v) is 13.7. The summed E-state index contributed by atoms with van der Waals surface area (Å²) >= 11 is 5.91. The molecule has 1 aliphatic heterocycles. The molecule has 0 spiro atoms. The van der Waals surface area contributed by atoms with Gasteiger partial charge in [-0.25, -0.2) is 4.79 Å². The van der Waals surface area contributed by atoms with Crippen LogP contribution in [0.3, 0.4) is 0 Å². The van der Waals surface area contributed by atoms with Gasteiger partial charge >= 0.3 is 6.09 Å². The molecule has 0 radical (unpaired) electrons. The molecule has 4 nitrogen and oxygen atoms in total. The van der Waals surface area contributed by atoms with Crippen LogP contribution in [0.2, 0.25) is 5.02 Å². The van der Waals surface area contributed by atoms with Gasteiger partial charge in [0.25, 0.3) is 0 Å². The first-order valence-electron chi connectivity index (χ1n) is 7.55. The summed E-state index contributed by atoms with van der Waals surface area (Å²) in [5, 5.41) is 0.726. The van der Waals surface area contributed by atoms with Crippen LogP contribution < -0.4 is 0 Å². The van der Waals surface area contributed by atoms with Crippen molar-refractivity contribution in [2.45, 2.75) is 12.6 Å². The lowest BCUT2D eigenvalue weighted by Gasteiger charge is -2.27. The van der Waals surface area contributed by atoms with Crippen molar-refractivity contribution in [3.63, 3.8) is 0 Å². The second-order valence-electron chi connectivity index (χ2n) is 5.76. The largest absolute Gasteiger partial charge is 0.447 e. The lowest BCUT2D eigenvalue weighted by atomic mass is 10.1. The monoisotopic (exact) mass is 330 g/mol. The third-order valence-corrected chi connectivity index (χ3v) is 4.17. The van der Waals surface area contributed by atoms with Crippen LogP contribution in [0, 0.1) is 0 Å². The second kappa shape index (κ2) is 7.02. The Balaban J connectivity index is 1.67. The highest BCUT2D eigenvalue weighted by molar-refractivity contribution is 6.30. The van der Waals surface area contributed by atoms with Gasteiger partial charge in [0.2, 0.25) is 0 Å². The van der Waals surface area contributed by atoms with Crippen molar-refractivity contribution in [1.29, 1.82) is 0 Å². The molecule has 1 saturated heterocycles. The van der Waals surface area contributed by atoms with Crippen LogP contribution >= 0.6 is 11.6 Å². The molecule has 120 valence electrons. The van der Waals surface area contributed by atoms with Crippen LogP contribution in [0.4, 0.5) is 4.79 Å². The van der Waals surface area contributed by atoms with E-state index in [2.05, 4.69) is 4.90 Å². The number of hydrogen-bond donors (Lipinski definition) is 0. The maximum Gasteiger partial charge on any atom is 0.411 e. The number of benzene rings is 2. The molecular weight excluding hydrogens is 312 g/mol. The molecule has 3 rings (SSSR count). The summed E-state index contributed by atoms with van der Waals surface area (Å²) in [5.41, 5.74) is 2.25. The van der Waals surface area contributed by atoms with Gasteiger partial charge in [-0.2, -0.15) is 0 Å². The minimum atomic E-state index is -0.262. The van der Waals surface area contributed by atoms with Gasteiger partial charge in [0, 0.05) is 11.6 Å². The minimum Gasteiger partial charge on any atom is -0.447 e. The van der Waals surface area contributed by atoms with Crippen molar-refractivity contribution < 1.29 is 9.53 Å². The van der Waals surface area contributed by atoms with Gasteiger partial charge in [0.15, 0.2) is 0 Å². The van der Waals surface area contributed by atoms with Gasteiger partial charge in [-0.1, -0.05) is 54.1 Å². The zero-order chi connectivity index (χ0) is 16.2. The van der Waals surface area contributed by atoms with E-state index in [-0.39, 0.29) is 12.1 Å². The highest BCUT2D eigenvalue weighted by atomic mass is 35.5. The number of halogens is 1. The van der Waals surface area contributed by atoms with Gasteiger partial charge in [0.1, 0.15) is 6.61 Å². The zero-order valence-electron chi connectivity index (χ0n) is 13.0. The Kier molecular flexibility index (Phi) is 4.84. The standard InChI is InChI=1S/C18H19ClN2O2/c1-20(11-14-7-9-16(19)10-8-14)13-21-17(12-23-18(21)22)15-5-3-2-4-6-15/h2-10,17H,11-13H2,1H3. The quantitative estimate of drug-likeness (QED) is 0.833. The molecule has 1 amide bonds. The molecule has 23 heavy (non-hydrogen) atoms. The number of hydrogen-bond acceptors (Lipinski definition) is 3. The second-order valence-corrected chi connectivity index (χ2v) is 6.19. The average Bonchev–Trinajstić information content (AvgIpc) is 2.91. The van der Waals surface area contributed by atoms with Crippen molar-refractivity contribution in [1.82, 2.24) is 9.80 Å². The van der Waals surface area contributed by atoms with Crippen LogP contribution in [0.5, 0.6) is 0 Å². The molecule has 1 heterocycles. The van der Waals surface area contributed by atoms with Crippen molar-refractivity contribution in [2.24, 2.45) is 0 Å². The Morgan fingerprint density at radius 1 is 1.17 bits per heavy atom. The maximum absolute atomic E-state index is 12.1. The van der Waals surface area contributed by atoms with Crippen molar-refractivity contribution >= 4 is 17.7 Å². The normalized spacial score (nSPS) is 17.6. The number of rotatable bonds is 5. The molecule has 1 fully saturated rings. The fraction of sp³-hybridized carbons (Fsp3) is 0.278. The van der Waals surface area contributed by atoms with Crippen LogP contribution in [0.15, 0.2) is 54.6 Å². The molecule has 5 heteroatoms. The lowest BCUT2D eigenvalue weighted by molar-refractivity contribution is 0.130. The van der Waals surface area contributed by atoms with Crippen LogP contribution in [0.25, 0.3) is 0 Å². The van der Waals surface area contributed by atoms with E-state index < -0.39 is 0 Å². The molecule has 1 atom stereocenters. The minimum absolute atomic E-state index is 0.0311. The van der Waals surface area contributed by atoms with E-state index in [1.54, 1.807) is 4.90 Å². The van der Waals surface area contributed by atoms with E-state index in [0.717, 1.165) is 22.7 Å². The lowest BCUT2D eigenvalue weighted by Crippen LogP contribution is -2.37. The third kappa shape index (κ3) is 3.84. The van der Waals surface area contributed by atoms with Crippen LogP contribution in [-0.2, 0) is 11.3 Å². The van der Waals surface area contributed by atoms with Crippen molar-refractivity contribution in [3.05, 3.63) is 70.7 Å². The molecule has 0 bridgehead atoms. The van der Waals surface area contributed by atoms with E-state index >= 15 is 0 Å². The Morgan fingerprint density at radius 2 is 1.87 bits per heavy atom. The predicted octanol–water partition coefficient (Wildman–Crippen LogP) is 3.92. The van der Waals surface area contributed by atoms with Crippen LogP contribution in [0.1, 0.15) is 17.2 Å². The van der Waals surface area contributed by atoms with E-state index in [9.17, 15) is 4.79 Å². The predicted molar refractivity (Wildman–Crippen MR) is 90.2 cm³/mol. The van der Waals surface area contributed by atoms with Crippen molar-refractivity contribution in [2.75, 3.05) is 20.3 Å². The average molecular weight is 331 g/mol. The van der Waals surface area contributed by atoms with Crippen LogP contribution in [-0.4, -0.2) is 36.2 Å². The molecule has 1 unspecified atom stereocenters. The molecule has 0 N–H and O–H groups in total. The number of carbonyl (C=O) groups is 1. The van der Waals surface area contributed by atoms with Crippen molar-refractivity contribution in [3.8, 4) is 0 Å². The molecule has 2 aromatic rings. The first-order chi connectivity index (χ1) is 11.1. The summed E-state index contributed by atoms with van der Waals surface area (Å²) in [6.07, 6.45) is -0.262. The summed E-state index contributed by atoms with van der Waals surface area (Å²) in [5.74, 6) is 0. The molecular formula is C18H19ClN2O2. The summed E-state index contributed by atoms with van der Waals surface area (Å²) in [4.78, 5) is 15.9. The van der Waals surface area contributed by atoms with Gasteiger partial charge < -0.3 is 4.74 Å². The Bertz CT molecular complexity index is 660. The van der Waals surface area contributed by atoms with E-state index in [1.807, 2.05) is 61.6 Å². The van der Waals surface area contributed by atoms with Gasteiger partial charge in [-0.3, -0.25) is 9.80 Å². The number of ether oxygens (including phenoxy) is 1. The smallest absolute Gasteiger partial charge is 0.411 e. The van der Waals surface area contributed by atoms with E-state index in [0.29, 0.717) is 13.3 Å². The fourth-order valence-electron chi connectivity index (χ4n) is 2.77. The number of amides is 1. The van der Waals surface area contributed by atoms with E-state index in [1.165, 1.54) is 0 Å². The summed E-state index contributed by atoms with van der Waals surface area (Å²) in [6.45, 7) is 1.65.